The Morgan fingerprint density at radius 1 is 1.29 bits per heavy atom. The van der Waals surface area contributed by atoms with Crippen molar-refractivity contribution in [3.63, 3.8) is 0 Å². The summed E-state index contributed by atoms with van der Waals surface area (Å²) in [6.07, 6.45) is 4.09. The Labute approximate surface area is 126 Å². The van der Waals surface area contributed by atoms with E-state index in [2.05, 4.69) is 0 Å². The fraction of sp³-hybridized carbons (Fsp3) is 0.533. The maximum atomic E-state index is 12.5. The van der Waals surface area contributed by atoms with Gasteiger partial charge in [-0.15, -0.1) is 11.3 Å². The van der Waals surface area contributed by atoms with E-state index in [0.717, 1.165) is 35.5 Å². The molecular formula is C15H17NO4S. The Bertz CT molecular complexity index is 597. The maximum Gasteiger partial charge on any atom is 0.338 e. The molecule has 1 N–H and O–H groups in total. The smallest absolute Gasteiger partial charge is 0.338 e. The molecule has 1 saturated heterocycles. The first-order valence-electron chi connectivity index (χ1n) is 7.28. The average molecular weight is 307 g/mol. The normalized spacial score (nSPS) is 25.3. The van der Waals surface area contributed by atoms with E-state index in [1.165, 1.54) is 11.3 Å². The van der Waals surface area contributed by atoms with Crippen molar-refractivity contribution < 1.29 is 19.5 Å². The predicted molar refractivity (Wildman–Crippen MR) is 78.6 cm³/mol. The van der Waals surface area contributed by atoms with Crippen molar-refractivity contribution >= 4 is 34.1 Å². The number of hydrogen-bond acceptors (Lipinski definition) is 4. The van der Waals surface area contributed by atoms with Crippen LogP contribution in [0.15, 0.2) is 6.07 Å². The van der Waals surface area contributed by atoms with Crippen LogP contribution in [0.1, 0.15) is 47.8 Å². The Hall–Kier alpha value is -1.69. The molecule has 1 aliphatic heterocycles. The van der Waals surface area contributed by atoms with Gasteiger partial charge in [0.1, 0.15) is 5.00 Å². The zero-order valence-corrected chi connectivity index (χ0v) is 12.6. The van der Waals surface area contributed by atoms with E-state index in [-0.39, 0.29) is 29.2 Å². The van der Waals surface area contributed by atoms with Crippen molar-refractivity contribution in [2.24, 2.45) is 11.8 Å². The SMILES string of the molecule is CCc1cc(C(=O)O)c(N2C(=O)C3CCCCC3C2=O)s1. The van der Waals surface area contributed by atoms with Crippen molar-refractivity contribution in [1.82, 2.24) is 0 Å². The van der Waals surface area contributed by atoms with Crippen molar-refractivity contribution in [1.29, 1.82) is 0 Å². The van der Waals surface area contributed by atoms with Crippen molar-refractivity contribution in [3.8, 4) is 0 Å². The van der Waals surface area contributed by atoms with Gasteiger partial charge in [-0.05, 0) is 25.3 Å². The van der Waals surface area contributed by atoms with Gasteiger partial charge in [0.05, 0.1) is 17.4 Å². The standard InChI is InChI=1S/C15H17NO4S/c1-2-8-7-11(15(19)20)14(21-8)16-12(17)9-5-3-4-6-10(9)13(16)18/h7,9-10H,2-6H2,1H3,(H,19,20). The van der Waals surface area contributed by atoms with Gasteiger partial charge in [-0.25, -0.2) is 9.69 Å². The number of amides is 2. The lowest BCUT2D eigenvalue weighted by atomic mass is 9.81. The number of aromatic carboxylic acids is 1. The molecule has 2 heterocycles. The molecule has 21 heavy (non-hydrogen) atoms. The lowest BCUT2D eigenvalue weighted by molar-refractivity contribution is -0.122. The fourth-order valence-electron chi connectivity index (χ4n) is 3.29. The molecule has 1 aliphatic carbocycles. The molecule has 1 aromatic rings. The number of carbonyl (C=O) groups excluding carboxylic acids is 2. The van der Waals surface area contributed by atoms with Crippen LogP contribution in [-0.2, 0) is 16.0 Å². The molecule has 0 spiro atoms. The van der Waals surface area contributed by atoms with Gasteiger partial charge in [-0.2, -0.15) is 0 Å². The highest BCUT2D eigenvalue weighted by Gasteiger charge is 2.50. The maximum absolute atomic E-state index is 12.5. The second-order valence-corrected chi connectivity index (χ2v) is 6.71. The molecule has 5 nitrogen and oxygen atoms in total. The van der Waals surface area contributed by atoms with Gasteiger partial charge in [0, 0.05) is 4.88 Å². The molecule has 1 aromatic heterocycles. The molecule has 2 amide bonds. The number of imide groups is 1. The monoisotopic (exact) mass is 307 g/mol. The van der Waals surface area contributed by atoms with E-state index in [4.69, 9.17) is 0 Å². The number of carboxylic acid groups (broad SMARTS) is 1. The zero-order valence-electron chi connectivity index (χ0n) is 11.8. The summed E-state index contributed by atoms with van der Waals surface area (Å²) in [6, 6.07) is 1.57. The number of thiophene rings is 1. The summed E-state index contributed by atoms with van der Waals surface area (Å²) < 4.78 is 0. The fourth-order valence-corrected chi connectivity index (χ4v) is 4.38. The predicted octanol–water partition coefficient (Wildman–Crippen LogP) is 2.69. The third-order valence-corrected chi connectivity index (χ3v) is 5.65. The largest absolute Gasteiger partial charge is 0.478 e. The average Bonchev–Trinajstić information content (AvgIpc) is 3.00. The molecule has 112 valence electrons. The Balaban J connectivity index is 2.03. The van der Waals surface area contributed by atoms with E-state index in [9.17, 15) is 19.5 Å². The molecular weight excluding hydrogens is 290 g/mol. The summed E-state index contributed by atoms with van der Waals surface area (Å²) in [7, 11) is 0. The summed E-state index contributed by atoms with van der Waals surface area (Å²) >= 11 is 1.24. The van der Waals surface area contributed by atoms with E-state index in [0.29, 0.717) is 11.4 Å². The van der Waals surface area contributed by atoms with Crippen LogP contribution >= 0.6 is 11.3 Å². The van der Waals surface area contributed by atoms with E-state index in [1.54, 1.807) is 6.07 Å². The molecule has 0 radical (unpaired) electrons. The van der Waals surface area contributed by atoms with Crippen molar-refractivity contribution in [2.45, 2.75) is 39.0 Å². The first-order valence-corrected chi connectivity index (χ1v) is 8.10. The van der Waals surface area contributed by atoms with Gasteiger partial charge in [0.15, 0.2) is 0 Å². The van der Waals surface area contributed by atoms with Gasteiger partial charge in [0.2, 0.25) is 11.8 Å². The Kier molecular flexibility index (Phi) is 3.57. The summed E-state index contributed by atoms with van der Waals surface area (Å²) in [5.74, 6) is -2.01. The highest BCUT2D eigenvalue weighted by Crippen LogP contribution is 2.43. The van der Waals surface area contributed by atoms with E-state index < -0.39 is 5.97 Å². The zero-order chi connectivity index (χ0) is 15.1. The van der Waals surface area contributed by atoms with Crippen LogP contribution in [0.2, 0.25) is 0 Å². The molecule has 0 bridgehead atoms. The second kappa shape index (κ2) is 5.26. The Morgan fingerprint density at radius 3 is 2.33 bits per heavy atom. The molecule has 6 heteroatoms. The molecule has 3 rings (SSSR count). The highest BCUT2D eigenvalue weighted by molar-refractivity contribution is 7.17. The lowest BCUT2D eigenvalue weighted by Gasteiger charge is -2.19. The van der Waals surface area contributed by atoms with Gasteiger partial charge < -0.3 is 5.11 Å². The molecule has 2 atom stereocenters. The van der Waals surface area contributed by atoms with Crippen LogP contribution in [0, 0.1) is 11.8 Å². The van der Waals surface area contributed by atoms with Gasteiger partial charge in [-0.3, -0.25) is 9.59 Å². The Morgan fingerprint density at radius 2 is 1.86 bits per heavy atom. The third-order valence-electron chi connectivity index (χ3n) is 4.39. The first-order chi connectivity index (χ1) is 10.0. The number of carbonyl (C=O) groups is 3. The summed E-state index contributed by atoms with van der Waals surface area (Å²) in [4.78, 5) is 38.5. The number of rotatable bonds is 3. The van der Waals surface area contributed by atoms with Crippen LogP contribution in [0.4, 0.5) is 5.00 Å². The minimum Gasteiger partial charge on any atom is -0.478 e. The number of anilines is 1. The van der Waals surface area contributed by atoms with Crippen LogP contribution in [0.25, 0.3) is 0 Å². The molecule has 2 fully saturated rings. The molecule has 2 aliphatic rings. The summed E-state index contributed by atoms with van der Waals surface area (Å²) in [6.45, 7) is 1.93. The summed E-state index contributed by atoms with van der Waals surface area (Å²) in [5.41, 5.74) is 0.0668. The number of fused-ring (bicyclic) bond motifs is 1. The molecule has 2 unspecified atom stereocenters. The quantitative estimate of drug-likeness (QED) is 0.871. The lowest BCUT2D eigenvalue weighted by Crippen LogP contribution is -2.31. The minimum absolute atomic E-state index is 0.0668. The second-order valence-electron chi connectivity index (χ2n) is 5.60. The highest BCUT2D eigenvalue weighted by atomic mass is 32.1. The molecule has 1 saturated carbocycles. The van der Waals surface area contributed by atoms with Crippen molar-refractivity contribution in [2.75, 3.05) is 4.90 Å². The van der Waals surface area contributed by atoms with Gasteiger partial charge in [0.25, 0.3) is 0 Å². The number of hydrogen-bond donors (Lipinski definition) is 1. The van der Waals surface area contributed by atoms with Gasteiger partial charge >= 0.3 is 5.97 Å². The van der Waals surface area contributed by atoms with Gasteiger partial charge in [-0.1, -0.05) is 19.8 Å². The topological polar surface area (TPSA) is 74.7 Å². The number of carboxylic acids is 1. The summed E-state index contributed by atoms with van der Waals surface area (Å²) in [5, 5.41) is 9.62. The van der Waals surface area contributed by atoms with Crippen LogP contribution in [0.5, 0.6) is 0 Å². The van der Waals surface area contributed by atoms with Crippen LogP contribution in [0.3, 0.4) is 0 Å². The van der Waals surface area contributed by atoms with E-state index in [1.807, 2.05) is 6.92 Å². The molecule has 0 aromatic carbocycles. The third kappa shape index (κ3) is 2.18. The minimum atomic E-state index is -1.09. The van der Waals surface area contributed by atoms with Crippen LogP contribution < -0.4 is 4.90 Å². The number of aryl methyl sites for hydroxylation is 1. The first kappa shape index (κ1) is 14.3. The van der Waals surface area contributed by atoms with Crippen LogP contribution in [-0.4, -0.2) is 22.9 Å². The van der Waals surface area contributed by atoms with Crippen molar-refractivity contribution in [3.05, 3.63) is 16.5 Å². The van der Waals surface area contributed by atoms with E-state index >= 15 is 0 Å². The number of nitrogens with zero attached hydrogens (tertiary/aromatic N) is 1.